The molecule has 0 radical (unpaired) electrons. The Hall–Kier alpha value is -1.69. The van der Waals surface area contributed by atoms with E-state index in [9.17, 15) is 9.90 Å². The molecule has 0 amide bonds. The number of carbonyl (C=O) groups excluding carboxylic acids is 1. The first kappa shape index (κ1) is 18.7. The van der Waals surface area contributed by atoms with Crippen LogP contribution >= 0.6 is 0 Å². The number of ether oxygens (including phenoxy) is 3. The molecule has 2 aliphatic heterocycles. The van der Waals surface area contributed by atoms with E-state index in [2.05, 4.69) is 0 Å². The van der Waals surface area contributed by atoms with Crippen molar-refractivity contribution in [3.63, 3.8) is 0 Å². The molecule has 27 heavy (non-hydrogen) atoms. The first-order valence-electron chi connectivity index (χ1n) is 8.98. The van der Waals surface area contributed by atoms with Crippen molar-refractivity contribution in [2.75, 3.05) is 6.61 Å². The van der Waals surface area contributed by atoms with Gasteiger partial charge in [-0.1, -0.05) is 0 Å². The van der Waals surface area contributed by atoms with Crippen molar-refractivity contribution in [3.05, 3.63) is 66.2 Å². The number of rotatable bonds is 5. The van der Waals surface area contributed by atoms with Crippen molar-refractivity contribution in [1.82, 2.24) is 0 Å². The Bertz CT molecular complexity index is 784. The van der Waals surface area contributed by atoms with E-state index in [1.807, 2.05) is 67.6 Å². The minimum atomic E-state index is -0.996. The molecule has 2 aromatic carbocycles. The fourth-order valence-electron chi connectivity index (χ4n) is 3.55. The van der Waals surface area contributed by atoms with E-state index in [0.29, 0.717) is 13.2 Å². The van der Waals surface area contributed by atoms with Crippen LogP contribution in [0.15, 0.2) is 60.7 Å². The molecule has 4 rings (SSSR count). The molecule has 0 unspecified atom stereocenters. The molecule has 5 atom stereocenters. The number of benzene rings is 2. The van der Waals surface area contributed by atoms with E-state index in [0.717, 1.165) is 10.0 Å². The van der Waals surface area contributed by atoms with Crippen LogP contribution in [0.4, 0.5) is 0 Å². The molecule has 2 heterocycles. The Morgan fingerprint density at radius 3 is 2.52 bits per heavy atom. The van der Waals surface area contributed by atoms with Crippen LogP contribution in [0.1, 0.15) is 12.5 Å². The van der Waals surface area contributed by atoms with E-state index in [-0.39, 0.29) is 26.8 Å². The van der Waals surface area contributed by atoms with Gasteiger partial charge in [0.05, 0.1) is 0 Å². The van der Waals surface area contributed by atoms with Crippen LogP contribution in [0.5, 0.6) is 0 Å². The third-order valence-corrected chi connectivity index (χ3v) is 8.08. The SMILES string of the molecule is C[C@]1([Se]c2ccccc2)C(=O)O[C@@H]2[C@@H](O)[C@@H](OCc3ccccc3)OC[C@@H]21. The van der Waals surface area contributed by atoms with E-state index in [1.165, 1.54) is 0 Å². The van der Waals surface area contributed by atoms with Gasteiger partial charge in [0.25, 0.3) is 0 Å². The maximum absolute atomic E-state index is 12.7. The fraction of sp³-hybridized carbons (Fsp3) is 0.381. The molecule has 0 aromatic heterocycles. The number of hydrogen-bond donors (Lipinski definition) is 1. The predicted octanol–water partition coefficient (Wildman–Crippen LogP) is 1.67. The molecule has 0 saturated carbocycles. The molecule has 1 N–H and O–H groups in total. The molecule has 6 heteroatoms. The van der Waals surface area contributed by atoms with Crippen LogP contribution in [0.3, 0.4) is 0 Å². The Kier molecular flexibility index (Phi) is 5.35. The zero-order chi connectivity index (χ0) is 18.9. The van der Waals surface area contributed by atoms with Gasteiger partial charge in [0.15, 0.2) is 0 Å². The maximum atomic E-state index is 12.7. The zero-order valence-corrected chi connectivity index (χ0v) is 16.7. The van der Waals surface area contributed by atoms with Gasteiger partial charge in [-0.2, -0.15) is 0 Å². The molecule has 2 aliphatic rings. The summed E-state index contributed by atoms with van der Waals surface area (Å²) < 4.78 is 17.6. The Labute approximate surface area is 164 Å². The predicted molar refractivity (Wildman–Crippen MR) is 101 cm³/mol. The monoisotopic (exact) mass is 434 g/mol. The van der Waals surface area contributed by atoms with Gasteiger partial charge in [-0.15, -0.1) is 0 Å². The Balaban J connectivity index is 1.45. The second-order valence-corrected chi connectivity index (χ2v) is 10.2. The van der Waals surface area contributed by atoms with Crippen molar-refractivity contribution in [3.8, 4) is 0 Å². The van der Waals surface area contributed by atoms with Crippen LogP contribution in [-0.2, 0) is 25.6 Å². The topological polar surface area (TPSA) is 65.0 Å². The van der Waals surface area contributed by atoms with Crippen molar-refractivity contribution >= 4 is 25.4 Å². The normalized spacial score (nSPS) is 32.7. The van der Waals surface area contributed by atoms with E-state index in [1.54, 1.807) is 0 Å². The van der Waals surface area contributed by atoms with Crippen LogP contribution < -0.4 is 4.46 Å². The Morgan fingerprint density at radius 1 is 1.15 bits per heavy atom. The van der Waals surface area contributed by atoms with Gasteiger partial charge < -0.3 is 0 Å². The van der Waals surface area contributed by atoms with Crippen molar-refractivity contribution < 1.29 is 24.1 Å². The van der Waals surface area contributed by atoms with Crippen LogP contribution in [-0.4, -0.2) is 51.1 Å². The molecule has 5 nitrogen and oxygen atoms in total. The number of aliphatic hydroxyl groups is 1. The summed E-state index contributed by atoms with van der Waals surface area (Å²) in [6.45, 7) is 2.59. The van der Waals surface area contributed by atoms with E-state index >= 15 is 0 Å². The van der Waals surface area contributed by atoms with Crippen molar-refractivity contribution in [2.24, 2.45) is 5.92 Å². The number of carbonyl (C=O) groups is 1. The Morgan fingerprint density at radius 2 is 1.81 bits per heavy atom. The molecule has 142 valence electrons. The van der Waals surface area contributed by atoms with Gasteiger partial charge in [-0.05, 0) is 0 Å². The molecule has 0 spiro atoms. The molecule has 0 bridgehead atoms. The minimum absolute atomic E-state index is 0.119. The average Bonchev–Trinajstić information content (AvgIpc) is 2.94. The fourth-order valence-corrected chi connectivity index (χ4v) is 6.21. The third-order valence-electron chi connectivity index (χ3n) is 5.14. The summed E-state index contributed by atoms with van der Waals surface area (Å²) in [5, 5.41) is 10.7. The van der Waals surface area contributed by atoms with Crippen LogP contribution in [0.25, 0.3) is 0 Å². The molecule has 2 saturated heterocycles. The second kappa shape index (κ2) is 7.74. The summed E-state index contributed by atoms with van der Waals surface area (Å²) in [7, 11) is 0. The molecule has 2 aromatic rings. The molecular formula is C21H22O5Se. The second-order valence-electron chi connectivity index (χ2n) is 6.99. The van der Waals surface area contributed by atoms with Gasteiger partial charge in [-0.25, -0.2) is 0 Å². The summed E-state index contributed by atoms with van der Waals surface area (Å²) in [5.41, 5.74) is 0.996. The van der Waals surface area contributed by atoms with Crippen LogP contribution in [0.2, 0.25) is 4.31 Å². The molecule has 0 aliphatic carbocycles. The van der Waals surface area contributed by atoms with Crippen LogP contribution in [0, 0.1) is 5.92 Å². The molecular weight excluding hydrogens is 411 g/mol. The summed E-state index contributed by atoms with van der Waals surface area (Å²) in [6, 6.07) is 19.7. The first-order valence-corrected chi connectivity index (χ1v) is 10.7. The number of hydrogen-bond acceptors (Lipinski definition) is 5. The number of aliphatic hydroxyl groups excluding tert-OH is 1. The summed E-state index contributed by atoms with van der Waals surface area (Å²) in [4.78, 5) is 12.7. The average molecular weight is 433 g/mol. The van der Waals surface area contributed by atoms with Crippen molar-refractivity contribution in [1.29, 1.82) is 0 Å². The summed E-state index contributed by atoms with van der Waals surface area (Å²) >= 11 is -0.119. The van der Waals surface area contributed by atoms with E-state index < -0.39 is 22.8 Å². The van der Waals surface area contributed by atoms with Gasteiger partial charge in [0.2, 0.25) is 0 Å². The van der Waals surface area contributed by atoms with E-state index in [4.69, 9.17) is 14.2 Å². The van der Waals surface area contributed by atoms with Gasteiger partial charge in [-0.3, -0.25) is 0 Å². The van der Waals surface area contributed by atoms with Gasteiger partial charge in [0, 0.05) is 0 Å². The third kappa shape index (κ3) is 3.68. The van der Waals surface area contributed by atoms with Gasteiger partial charge in [0.1, 0.15) is 0 Å². The summed E-state index contributed by atoms with van der Waals surface area (Å²) in [6.07, 6.45) is -2.39. The number of esters is 1. The summed E-state index contributed by atoms with van der Waals surface area (Å²) in [5.74, 6) is -0.440. The quantitative estimate of drug-likeness (QED) is 0.574. The number of fused-ring (bicyclic) bond motifs is 1. The van der Waals surface area contributed by atoms with Gasteiger partial charge >= 0.3 is 165 Å². The molecule has 2 fully saturated rings. The van der Waals surface area contributed by atoms with Crippen molar-refractivity contribution in [2.45, 2.75) is 36.3 Å². The standard InChI is InChI=1S/C21H22O5Se/c1-21(27-15-10-6-3-7-11-15)16-13-25-19(17(22)18(16)26-20(21)23)24-12-14-8-4-2-5-9-14/h2-11,16-19,22H,12-13H2,1H3/t16-,17+,18-,19-,21+/m0/s1. The first-order chi connectivity index (χ1) is 13.1. The zero-order valence-electron chi connectivity index (χ0n) is 15.0.